The fraction of sp³-hybridized carbons (Fsp3) is 0.571. The molecule has 0 radical (unpaired) electrons. The first-order valence-corrected chi connectivity index (χ1v) is 6.14. The Labute approximate surface area is 98.0 Å². The molecule has 0 amide bonds. The third kappa shape index (κ3) is 3.24. The minimum absolute atomic E-state index is 0.574. The van der Waals surface area contributed by atoms with Gasteiger partial charge in [-0.05, 0) is 48.9 Å². The summed E-state index contributed by atoms with van der Waals surface area (Å²) in [5.74, 6) is 2.47. The quantitative estimate of drug-likeness (QED) is 0.794. The fourth-order valence-corrected chi connectivity index (χ4v) is 1.88. The highest BCUT2D eigenvalue weighted by molar-refractivity contribution is 5.29. The summed E-state index contributed by atoms with van der Waals surface area (Å²) in [7, 11) is 1.70. The van der Waals surface area contributed by atoms with Gasteiger partial charge in [0.25, 0.3) is 0 Å². The summed E-state index contributed by atoms with van der Waals surface area (Å²) in [4.78, 5) is 0. The Morgan fingerprint density at radius 2 is 2.00 bits per heavy atom. The van der Waals surface area contributed by atoms with E-state index in [-0.39, 0.29) is 0 Å². The Balaban J connectivity index is 1.79. The second kappa shape index (κ2) is 5.35. The lowest BCUT2D eigenvalue weighted by molar-refractivity contribution is 0.414. The third-order valence-electron chi connectivity index (χ3n) is 3.27. The van der Waals surface area contributed by atoms with E-state index in [9.17, 15) is 0 Å². The van der Waals surface area contributed by atoms with Gasteiger partial charge in [-0.2, -0.15) is 0 Å². The van der Waals surface area contributed by atoms with Crippen LogP contribution in [0, 0.1) is 5.92 Å². The lowest BCUT2D eigenvalue weighted by atomic mass is 10.0. The van der Waals surface area contributed by atoms with Gasteiger partial charge in [-0.1, -0.05) is 19.1 Å². The molecule has 1 unspecified atom stereocenters. The average molecular weight is 219 g/mol. The smallest absolute Gasteiger partial charge is 0.118 e. The minimum Gasteiger partial charge on any atom is -0.497 e. The summed E-state index contributed by atoms with van der Waals surface area (Å²) in [6, 6.07) is 8.38. The van der Waals surface area contributed by atoms with E-state index in [1.54, 1.807) is 7.11 Å². The molecule has 0 aromatic heterocycles. The summed E-state index contributed by atoms with van der Waals surface area (Å²) >= 11 is 0. The zero-order valence-electron chi connectivity index (χ0n) is 10.2. The van der Waals surface area contributed by atoms with Crippen molar-refractivity contribution in [1.29, 1.82) is 0 Å². The van der Waals surface area contributed by atoms with Gasteiger partial charge in [0.1, 0.15) is 5.75 Å². The molecule has 1 aliphatic rings. The Kier molecular flexibility index (Phi) is 3.83. The molecule has 88 valence electrons. The minimum atomic E-state index is 0.574. The van der Waals surface area contributed by atoms with E-state index in [4.69, 9.17) is 4.74 Å². The van der Waals surface area contributed by atoms with Gasteiger partial charge in [-0.25, -0.2) is 0 Å². The van der Waals surface area contributed by atoms with Crippen molar-refractivity contribution in [2.45, 2.75) is 25.7 Å². The van der Waals surface area contributed by atoms with Gasteiger partial charge in [-0.15, -0.1) is 0 Å². The van der Waals surface area contributed by atoms with E-state index in [0.29, 0.717) is 5.92 Å². The van der Waals surface area contributed by atoms with Gasteiger partial charge in [0.2, 0.25) is 0 Å². The molecular formula is C14H21NO. The monoisotopic (exact) mass is 219 g/mol. The summed E-state index contributed by atoms with van der Waals surface area (Å²) in [6.07, 6.45) is 2.84. The van der Waals surface area contributed by atoms with Crippen LogP contribution in [0.5, 0.6) is 5.75 Å². The van der Waals surface area contributed by atoms with Gasteiger partial charge < -0.3 is 10.1 Å². The molecule has 1 fully saturated rings. The van der Waals surface area contributed by atoms with Gasteiger partial charge in [0, 0.05) is 6.54 Å². The van der Waals surface area contributed by atoms with Crippen molar-refractivity contribution < 1.29 is 4.74 Å². The van der Waals surface area contributed by atoms with Crippen molar-refractivity contribution in [1.82, 2.24) is 5.32 Å². The van der Waals surface area contributed by atoms with E-state index >= 15 is 0 Å². The lowest BCUT2D eigenvalue weighted by Gasteiger charge is -2.13. The standard InChI is InChI=1S/C14H21NO/c1-11(9-15-10-12-3-4-12)13-5-7-14(16-2)8-6-13/h5-8,11-12,15H,3-4,9-10H2,1-2H3. The van der Waals surface area contributed by atoms with Gasteiger partial charge >= 0.3 is 0 Å². The number of rotatable bonds is 6. The van der Waals surface area contributed by atoms with Crippen LogP contribution in [0.25, 0.3) is 0 Å². The number of hydrogen-bond donors (Lipinski definition) is 1. The average Bonchev–Trinajstić information content (AvgIpc) is 3.13. The topological polar surface area (TPSA) is 21.3 Å². The molecule has 0 bridgehead atoms. The first-order valence-electron chi connectivity index (χ1n) is 6.14. The molecule has 1 saturated carbocycles. The normalized spacial score (nSPS) is 17.1. The summed E-state index contributed by atoms with van der Waals surface area (Å²) in [5, 5.41) is 3.54. The Morgan fingerprint density at radius 1 is 1.31 bits per heavy atom. The van der Waals surface area contributed by atoms with Crippen molar-refractivity contribution >= 4 is 0 Å². The molecule has 2 nitrogen and oxygen atoms in total. The molecule has 2 rings (SSSR count). The molecule has 1 aliphatic carbocycles. The van der Waals surface area contributed by atoms with Crippen molar-refractivity contribution in [3.05, 3.63) is 29.8 Å². The van der Waals surface area contributed by atoms with Crippen LogP contribution in [0.15, 0.2) is 24.3 Å². The van der Waals surface area contributed by atoms with Crippen LogP contribution < -0.4 is 10.1 Å². The first kappa shape index (κ1) is 11.5. The Hall–Kier alpha value is -1.02. The highest BCUT2D eigenvalue weighted by Crippen LogP contribution is 2.27. The Bertz CT molecular complexity index is 316. The zero-order chi connectivity index (χ0) is 11.4. The second-order valence-corrected chi connectivity index (χ2v) is 4.78. The van der Waals surface area contributed by atoms with E-state index in [2.05, 4.69) is 24.4 Å². The van der Waals surface area contributed by atoms with Crippen molar-refractivity contribution in [3.63, 3.8) is 0 Å². The van der Waals surface area contributed by atoms with Crippen LogP contribution in [-0.4, -0.2) is 20.2 Å². The molecular weight excluding hydrogens is 198 g/mol. The van der Waals surface area contributed by atoms with E-state index < -0.39 is 0 Å². The molecule has 0 aliphatic heterocycles. The molecule has 1 aromatic rings. The Morgan fingerprint density at radius 3 is 2.56 bits per heavy atom. The van der Waals surface area contributed by atoms with Crippen LogP contribution in [0.3, 0.4) is 0 Å². The first-order chi connectivity index (χ1) is 7.79. The molecule has 1 aromatic carbocycles. The molecule has 0 heterocycles. The van der Waals surface area contributed by atoms with Crippen molar-refractivity contribution in [2.75, 3.05) is 20.2 Å². The number of nitrogens with one attached hydrogen (secondary N) is 1. The van der Waals surface area contributed by atoms with E-state index in [0.717, 1.165) is 18.2 Å². The lowest BCUT2D eigenvalue weighted by Crippen LogP contribution is -2.22. The summed E-state index contributed by atoms with van der Waals surface area (Å²) < 4.78 is 5.15. The number of ether oxygens (including phenoxy) is 1. The largest absolute Gasteiger partial charge is 0.497 e. The van der Waals surface area contributed by atoms with Crippen LogP contribution in [0.4, 0.5) is 0 Å². The highest BCUT2D eigenvalue weighted by Gasteiger charge is 2.20. The number of methoxy groups -OCH3 is 1. The second-order valence-electron chi connectivity index (χ2n) is 4.78. The van der Waals surface area contributed by atoms with Crippen LogP contribution in [0.2, 0.25) is 0 Å². The van der Waals surface area contributed by atoms with Gasteiger partial charge in [0.15, 0.2) is 0 Å². The predicted molar refractivity (Wildman–Crippen MR) is 67.0 cm³/mol. The fourth-order valence-electron chi connectivity index (χ4n) is 1.88. The SMILES string of the molecule is COc1ccc(C(C)CNCC2CC2)cc1. The number of benzene rings is 1. The molecule has 0 saturated heterocycles. The van der Waals surface area contributed by atoms with E-state index in [1.807, 2.05) is 12.1 Å². The molecule has 2 heteroatoms. The molecule has 0 spiro atoms. The van der Waals surface area contributed by atoms with E-state index in [1.165, 1.54) is 24.9 Å². The summed E-state index contributed by atoms with van der Waals surface area (Å²) in [5.41, 5.74) is 1.38. The predicted octanol–water partition coefficient (Wildman–Crippen LogP) is 2.80. The van der Waals surface area contributed by atoms with Crippen LogP contribution in [0.1, 0.15) is 31.2 Å². The zero-order valence-corrected chi connectivity index (χ0v) is 10.2. The summed E-state index contributed by atoms with van der Waals surface area (Å²) in [6.45, 7) is 4.53. The van der Waals surface area contributed by atoms with Crippen molar-refractivity contribution in [3.8, 4) is 5.75 Å². The maximum atomic E-state index is 5.15. The maximum absolute atomic E-state index is 5.15. The highest BCUT2D eigenvalue weighted by atomic mass is 16.5. The molecule has 1 atom stereocenters. The molecule has 1 N–H and O–H groups in total. The van der Waals surface area contributed by atoms with Gasteiger partial charge in [-0.3, -0.25) is 0 Å². The number of hydrogen-bond acceptors (Lipinski definition) is 2. The van der Waals surface area contributed by atoms with Gasteiger partial charge in [0.05, 0.1) is 7.11 Å². The van der Waals surface area contributed by atoms with Crippen molar-refractivity contribution in [2.24, 2.45) is 5.92 Å². The van der Waals surface area contributed by atoms with Crippen LogP contribution in [-0.2, 0) is 0 Å². The third-order valence-corrected chi connectivity index (χ3v) is 3.27. The molecule has 16 heavy (non-hydrogen) atoms. The maximum Gasteiger partial charge on any atom is 0.118 e. The van der Waals surface area contributed by atoms with Crippen LogP contribution >= 0.6 is 0 Å².